The van der Waals surface area contributed by atoms with Crippen molar-refractivity contribution in [2.75, 3.05) is 6.61 Å². The summed E-state index contributed by atoms with van der Waals surface area (Å²) in [5.74, 6) is 0.0714. The maximum atomic E-state index is 14.1. The Labute approximate surface area is 204 Å². The van der Waals surface area contributed by atoms with Crippen molar-refractivity contribution in [1.29, 1.82) is 0 Å². The summed E-state index contributed by atoms with van der Waals surface area (Å²) in [5.41, 5.74) is 2.32. The molecule has 0 saturated heterocycles. The molecule has 1 aromatic heterocycles. The fourth-order valence-electron chi connectivity index (χ4n) is 3.29. The van der Waals surface area contributed by atoms with Gasteiger partial charge in [-0.25, -0.2) is 9.07 Å². The molecule has 1 unspecified atom stereocenters. The molecule has 0 spiro atoms. The Bertz CT molecular complexity index is 925. The van der Waals surface area contributed by atoms with Gasteiger partial charge in [0.15, 0.2) is 0 Å². The van der Waals surface area contributed by atoms with Gasteiger partial charge >= 0.3 is 0 Å². The monoisotopic (exact) mass is 543 g/mol. The van der Waals surface area contributed by atoms with E-state index in [2.05, 4.69) is 40.3 Å². The molecule has 5 nitrogen and oxygen atoms in total. The van der Waals surface area contributed by atoms with Crippen LogP contribution in [0.1, 0.15) is 45.2 Å². The van der Waals surface area contributed by atoms with E-state index in [0.29, 0.717) is 30.5 Å². The van der Waals surface area contributed by atoms with E-state index in [9.17, 15) is 8.94 Å². The predicted octanol–water partition coefficient (Wildman–Crippen LogP) is 6.27. The van der Waals surface area contributed by atoms with Crippen LogP contribution >= 0.6 is 15.9 Å². The first-order valence-electron chi connectivity index (χ1n) is 11.1. The van der Waals surface area contributed by atoms with E-state index in [1.54, 1.807) is 10.7 Å². The van der Waals surface area contributed by atoms with Gasteiger partial charge in [-0.2, -0.15) is 5.10 Å². The second kappa shape index (κ2) is 10.3. The molecule has 0 amide bonds. The summed E-state index contributed by atoms with van der Waals surface area (Å²) in [6.45, 7) is 13.9. The Morgan fingerprint density at radius 2 is 2.03 bits per heavy atom. The first-order valence-corrected chi connectivity index (χ1v) is 16.8. The van der Waals surface area contributed by atoms with Crippen LogP contribution < -0.4 is 4.72 Å². The van der Waals surface area contributed by atoms with Crippen molar-refractivity contribution in [2.45, 2.75) is 76.8 Å². The third-order valence-corrected chi connectivity index (χ3v) is 9.39. The van der Waals surface area contributed by atoms with E-state index in [-0.39, 0.29) is 16.6 Å². The lowest BCUT2D eigenvalue weighted by atomic mass is 10.00. The average molecular weight is 545 g/mol. The standard InChI is InChI=1S/C23H35BrFN3O2SSi/c1-23(2,3)31(29)27-21(16-7-8-16)19-14-28(15-30-11-12-32(4,5)6)26-22(19)18-13-17(25)9-10-20(18)24/h9-10,13-14,16,21,27H,7-8,11-12,15H2,1-6H3/t21-,31?/m1/s1. The summed E-state index contributed by atoms with van der Waals surface area (Å²) in [6.07, 6.45) is 4.11. The Morgan fingerprint density at radius 3 is 2.62 bits per heavy atom. The van der Waals surface area contributed by atoms with Crippen LogP contribution in [0.25, 0.3) is 11.3 Å². The van der Waals surface area contributed by atoms with Crippen LogP contribution in [0.5, 0.6) is 0 Å². The lowest BCUT2D eigenvalue weighted by Crippen LogP contribution is -2.42. The highest BCUT2D eigenvalue weighted by Gasteiger charge is 2.40. The van der Waals surface area contributed by atoms with Crippen LogP contribution in [0.15, 0.2) is 28.9 Å². The molecule has 0 bridgehead atoms. The molecule has 2 aromatic rings. The number of nitrogens with one attached hydrogen (secondary N) is 1. The molecule has 178 valence electrons. The number of hydrogen-bond acceptors (Lipinski definition) is 4. The van der Waals surface area contributed by atoms with Crippen molar-refractivity contribution in [3.63, 3.8) is 0 Å². The normalized spacial score (nSPS) is 16.9. The number of benzene rings is 1. The van der Waals surface area contributed by atoms with Crippen LogP contribution in [-0.4, -0.2) is 33.8 Å². The average Bonchev–Trinajstić information content (AvgIpc) is 3.43. The summed E-state index contributed by atoms with van der Waals surface area (Å²) in [7, 11) is -1.17. The number of ether oxygens (including phenoxy) is 1. The van der Waals surface area contributed by atoms with Gasteiger partial charge in [-0.15, -0.1) is 4.72 Å². The Hall–Kier alpha value is -0.713. The molecule has 1 aliphatic carbocycles. The van der Waals surface area contributed by atoms with E-state index in [4.69, 9.17) is 9.84 Å². The van der Waals surface area contributed by atoms with E-state index in [1.165, 1.54) is 12.1 Å². The second-order valence-corrected chi connectivity index (χ2v) is 19.2. The summed E-state index contributed by atoms with van der Waals surface area (Å²) in [4.78, 5) is 0. The van der Waals surface area contributed by atoms with Crippen LogP contribution in [0.4, 0.5) is 4.39 Å². The molecule has 0 aliphatic heterocycles. The number of hydrogen-bond donors (Lipinski definition) is 1. The fourth-order valence-corrected chi connectivity index (χ4v) is 5.39. The van der Waals surface area contributed by atoms with Crippen molar-refractivity contribution >= 4 is 35.4 Å². The molecule has 9 heteroatoms. The molecule has 0 radical (unpaired) electrons. The minimum absolute atomic E-state index is 0.115. The third-order valence-electron chi connectivity index (χ3n) is 5.41. The highest BCUT2D eigenvalue weighted by atomic mass is 79.9. The molecule has 1 heterocycles. The Balaban J connectivity index is 1.93. The highest BCUT2D eigenvalue weighted by Crippen LogP contribution is 2.45. The lowest BCUT2D eigenvalue weighted by Gasteiger charge is -2.28. The van der Waals surface area contributed by atoms with Crippen LogP contribution in [-0.2, 0) is 22.8 Å². The number of nitrogens with zero attached hydrogens (tertiary/aromatic N) is 2. The molecule has 1 aromatic carbocycles. The van der Waals surface area contributed by atoms with E-state index in [0.717, 1.165) is 28.9 Å². The van der Waals surface area contributed by atoms with Gasteiger partial charge in [-0.3, -0.25) is 0 Å². The summed E-state index contributed by atoms with van der Waals surface area (Å²) < 4.78 is 38.5. The predicted molar refractivity (Wildman–Crippen MR) is 136 cm³/mol. The van der Waals surface area contributed by atoms with Gasteiger partial charge in [0.2, 0.25) is 0 Å². The quantitative estimate of drug-likeness (QED) is 0.218. The van der Waals surface area contributed by atoms with E-state index >= 15 is 0 Å². The zero-order valence-corrected chi connectivity index (χ0v) is 23.3. The topological polar surface area (TPSA) is 62.1 Å². The first-order chi connectivity index (χ1) is 14.8. The number of halogens is 2. The fraction of sp³-hybridized carbons (Fsp3) is 0.609. The van der Waals surface area contributed by atoms with Gasteiger partial charge < -0.3 is 9.29 Å². The van der Waals surface area contributed by atoms with Gasteiger partial charge in [-0.05, 0) is 63.8 Å². The van der Waals surface area contributed by atoms with Crippen molar-refractivity contribution in [1.82, 2.24) is 14.5 Å². The smallest absolute Gasteiger partial charge is 0.139 e. The molecule has 2 atom stereocenters. The minimum Gasteiger partial charge on any atom is -0.598 e. The third kappa shape index (κ3) is 7.14. The molecule has 32 heavy (non-hydrogen) atoms. The molecular formula is C23H35BrFN3O2SSi. The maximum absolute atomic E-state index is 14.1. The van der Waals surface area contributed by atoms with Crippen molar-refractivity contribution < 1.29 is 13.7 Å². The minimum atomic E-state index is -1.23. The van der Waals surface area contributed by atoms with Crippen LogP contribution in [0, 0.1) is 11.7 Å². The molecular weight excluding hydrogens is 509 g/mol. The summed E-state index contributed by atoms with van der Waals surface area (Å²) in [6, 6.07) is 5.59. The molecule has 1 saturated carbocycles. The van der Waals surface area contributed by atoms with E-state index in [1.807, 2.05) is 27.0 Å². The van der Waals surface area contributed by atoms with Crippen molar-refractivity contribution in [3.8, 4) is 11.3 Å². The first kappa shape index (κ1) is 25.9. The number of rotatable bonds is 10. The van der Waals surface area contributed by atoms with Crippen LogP contribution in [0.2, 0.25) is 25.7 Å². The zero-order chi connectivity index (χ0) is 23.7. The Morgan fingerprint density at radius 1 is 1.34 bits per heavy atom. The summed E-state index contributed by atoms with van der Waals surface area (Å²) >= 11 is 2.33. The summed E-state index contributed by atoms with van der Waals surface area (Å²) in [5, 5.41) is 4.78. The van der Waals surface area contributed by atoms with Gasteiger partial charge in [0, 0.05) is 47.8 Å². The largest absolute Gasteiger partial charge is 0.598 e. The highest BCUT2D eigenvalue weighted by molar-refractivity contribution is 9.10. The maximum Gasteiger partial charge on any atom is 0.139 e. The van der Waals surface area contributed by atoms with E-state index < -0.39 is 19.4 Å². The Kier molecular flexibility index (Phi) is 8.32. The molecule has 3 rings (SSSR count). The lowest BCUT2D eigenvalue weighted by molar-refractivity contribution is 0.0786. The number of aromatic nitrogens is 2. The molecule has 1 aliphatic rings. The second-order valence-electron chi connectivity index (χ2n) is 10.8. The molecule has 1 fully saturated rings. The molecule has 1 N–H and O–H groups in total. The van der Waals surface area contributed by atoms with Crippen molar-refractivity contribution in [2.24, 2.45) is 5.92 Å². The van der Waals surface area contributed by atoms with Gasteiger partial charge in [-0.1, -0.05) is 35.6 Å². The van der Waals surface area contributed by atoms with Gasteiger partial charge in [0.25, 0.3) is 0 Å². The van der Waals surface area contributed by atoms with Gasteiger partial charge in [0.05, 0.1) is 11.7 Å². The zero-order valence-electron chi connectivity index (χ0n) is 19.9. The van der Waals surface area contributed by atoms with Gasteiger partial charge in [0.1, 0.15) is 17.3 Å². The van der Waals surface area contributed by atoms with Crippen LogP contribution in [0.3, 0.4) is 0 Å². The SMILES string of the molecule is CC(C)(C)[S+]([O-])N[C@@H](c1cn(COCC[Si](C)(C)C)nc1-c1cc(F)ccc1Br)C1CC1. The van der Waals surface area contributed by atoms with Crippen molar-refractivity contribution in [3.05, 3.63) is 40.2 Å².